The molecule has 1 saturated heterocycles. The summed E-state index contributed by atoms with van der Waals surface area (Å²) < 4.78 is 11.7. The molecule has 0 aromatic rings. The van der Waals surface area contributed by atoms with Gasteiger partial charge in [-0.15, -0.1) is 0 Å². The molecule has 0 saturated carbocycles. The first-order valence-corrected chi connectivity index (χ1v) is 11.0. The van der Waals surface area contributed by atoms with E-state index in [2.05, 4.69) is 20.8 Å². The van der Waals surface area contributed by atoms with Gasteiger partial charge in [0.25, 0.3) is 0 Å². The normalized spacial score (nSPS) is 22.3. The Bertz CT molecular complexity index is 422. The molecule has 1 aliphatic heterocycles. The monoisotopic (exact) mass is 345 g/mol. The van der Waals surface area contributed by atoms with Gasteiger partial charge in [0.1, 0.15) is 11.6 Å². The topological polar surface area (TPSA) is 76.1 Å². The Morgan fingerprint density at radius 2 is 1.70 bits per heavy atom. The number of carbonyl (C=O) groups is 2. The summed E-state index contributed by atoms with van der Waals surface area (Å²) >= 11 is 0. The Labute approximate surface area is 140 Å². The molecule has 1 N–H and O–H groups in total. The summed E-state index contributed by atoms with van der Waals surface area (Å²) in [5, 5.41) is 9.42. The van der Waals surface area contributed by atoms with Gasteiger partial charge in [0.2, 0.25) is 0 Å². The van der Waals surface area contributed by atoms with Crippen LogP contribution in [0, 0.1) is 0 Å². The molecule has 1 amide bonds. The Balaban J connectivity index is 2.86. The number of hydrogen-bond acceptors (Lipinski definition) is 4. The van der Waals surface area contributed by atoms with Crippen molar-refractivity contribution in [1.29, 1.82) is 0 Å². The number of carboxylic acids is 1. The van der Waals surface area contributed by atoms with Crippen LogP contribution >= 0.6 is 0 Å². The second-order valence-corrected chi connectivity index (χ2v) is 11.9. The van der Waals surface area contributed by atoms with Crippen molar-refractivity contribution in [2.45, 2.75) is 83.8 Å². The smallest absolute Gasteiger partial charge is 0.411 e. The molecule has 0 aromatic heterocycles. The molecule has 134 valence electrons. The number of hydrogen-bond donors (Lipinski definition) is 1. The van der Waals surface area contributed by atoms with Crippen molar-refractivity contribution in [2.75, 3.05) is 6.54 Å². The molecular formula is C16H31NO5Si. The van der Waals surface area contributed by atoms with Crippen LogP contribution in [0.5, 0.6) is 0 Å². The van der Waals surface area contributed by atoms with E-state index in [0.717, 1.165) is 18.1 Å². The fourth-order valence-corrected chi connectivity index (χ4v) is 5.87. The maximum atomic E-state index is 12.3. The van der Waals surface area contributed by atoms with Crippen LogP contribution in [0.4, 0.5) is 4.79 Å². The van der Waals surface area contributed by atoms with Gasteiger partial charge in [0, 0.05) is 13.0 Å². The second-order valence-electron chi connectivity index (χ2n) is 7.21. The molecule has 1 fully saturated rings. The number of ether oxygens (including phenoxy) is 1. The van der Waals surface area contributed by atoms with Crippen molar-refractivity contribution < 1.29 is 23.9 Å². The zero-order valence-electron chi connectivity index (χ0n) is 15.2. The van der Waals surface area contributed by atoms with E-state index < -0.39 is 32.0 Å². The number of nitrogens with zero attached hydrogens (tertiary/aromatic N) is 1. The highest BCUT2D eigenvalue weighted by Gasteiger charge is 2.44. The van der Waals surface area contributed by atoms with Crippen LogP contribution in [-0.4, -0.2) is 54.7 Å². The lowest BCUT2D eigenvalue weighted by atomic mass is 10.2. The number of carbonyl (C=O) groups excluding carboxylic acids is 1. The molecule has 1 aliphatic rings. The van der Waals surface area contributed by atoms with Gasteiger partial charge < -0.3 is 14.3 Å². The molecule has 0 spiro atoms. The highest BCUT2D eigenvalue weighted by atomic mass is 28.4. The van der Waals surface area contributed by atoms with Crippen molar-refractivity contribution >= 4 is 20.4 Å². The van der Waals surface area contributed by atoms with E-state index in [4.69, 9.17) is 9.16 Å². The van der Waals surface area contributed by atoms with Gasteiger partial charge in [-0.05, 0) is 38.9 Å². The molecule has 7 heteroatoms. The number of carboxylic acid groups (broad SMARTS) is 1. The molecule has 2 atom stereocenters. The average molecular weight is 346 g/mol. The quantitative estimate of drug-likeness (QED) is 0.746. The zero-order chi connectivity index (χ0) is 17.8. The van der Waals surface area contributed by atoms with Crippen LogP contribution < -0.4 is 0 Å². The molecule has 0 bridgehead atoms. The summed E-state index contributed by atoms with van der Waals surface area (Å²) in [6.45, 7) is 12.0. The van der Waals surface area contributed by atoms with Gasteiger partial charge in [-0.1, -0.05) is 20.8 Å². The van der Waals surface area contributed by atoms with E-state index in [1.165, 1.54) is 4.90 Å². The van der Waals surface area contributed by atoms with E-state index in [-0.39, 0.29) is 6.10 Å². The number of rotatable bonds is 6. The Morgan fingerprint density at radius 1 is 1.17 bits per heavy atom. The van der Waals surface area contributed by atoms with Crippen molar-refractivity contribution in [2.24, 2.45) is 0 Å². The molecule has 0 aliphatic carbocycles. The third-order valence-corrected chi connectivity index (χ3v) is 9.22. The van der Waals surface area contributed by atoms with Gasteiger partial charge in [-0.25, -0.2) is 9.59 Å². The van der Waals surface area contributed by atoms with Crippen molar-refractivity contribution in [3.05, 3.63) is 0 Å². The predicted molar refractivity (Wildman–Crippen MR) is 91.1 cm³/mol. The Kier molecular flexibility index (Phi) is 6.65. The summed E-state index contributed by atoms with van der Waals surface area (Å²) in [5.74, 6) is -1.00. The first-order chi connectivity index (χ1) is 10.6. The average Bonchev–Trinajstić information content (AvgIpc) is 2.87. The Hall–Kier alpha value is -1.08. The van der Waals surface area contributed by atoms with Crippen molar-refractivity contribution in [3.8, 4) is 0 Å². The van der Waals surface area contributed by atoms with E-state index in [0.29, 0.717) is 13.0 Å². The molecule has 1 heterocycles. The summed E-state index contributed by atoms with van der Waals surface area (Å²) in [4.78, 5) is 25.1. The summed E-state index contributed by atoms with van der Waals surface area (Å²) in [6.07, 6.45) is -0.452. The molecule has 23 heavy (non-hydrogen) atoms. The molecule has 6 nitrogen and oxygen atoms in total. The molecule has 1 rings (SSSR count). The van der Waals surface area contributed by atoms with Crippen LogP contribution in [0.1, 0.15) is 48.0 Å². The van der Waals surface area contributed by atoms with Crippen LogP contribution in [0.25, 0.3) is 0 Å². The van der Waals surface area contributed by atoms with Gasteiger partial charge in [0.15, 0.2) is 8.32 Å². The number of aliphatic carboxylic acids is 1. The third-order valence-electron chi connectivity index (χ3n) is 4.53. The second kappa shape index (κ2) is 7.66. The third kappa shape index (κ3) is 5.21. The molecular weight excluding hydrogens is 314 g/mol. The lowest BCUT2D eigenvalue weighted by Crippen LogP contribution is -2.44. The molecule has 0 radical (unpaired) electrons. The van der Waals surface area contributed by atoms with E-state index >= 15 is 0 Å². The fraction of sp³-hybridized carbons (Fsp3) is 0.875. The minimum absolute atomic E-state index is 0.213. The van der Waals surface area contributed by atoms with Crippen LogP contribution in [0.2, 0.25) is 18.1 Å². The SMILES string of the molecule is CC[Si](CC)(CC)O[C@@H]1CC(C(=O)O)N(C(=O)OC(C)(C)C)C1. The number of likely N-dealkylation sites (tertiary alicyclic amines) is 1. The largest absolute Gasteiger partial charge is 0.480 e. The summed E-state index contributed by atoms with van der Waals surface area (Å²) in [7, 11) is -1.83. The lowest BCUT2D eigenvalue weighted by Gasteiger charge is -2.31. The summed E-state index contributed by atoms with van der Waals surface area (Å²) in [6, 6.07) is 2.13. The van der Waals surface area contributed by atoms with Crippen LogP contribution in [0.15, 0.2) is 0 Å². The van der Waals surface area contributed by atoms with E-state index in [9.17, 15) is 14.7 Å². The highest BCUT2D eigenvalue weighted by molar-refractivity contribution is 6.73. The van der Waals surface area contributed by atoms with Crippen LogP contribution in [-0.2, 0) is 14.0 Å². The van der Waals surface area contributed by atoms with Crippen LogP contribution in [0.3, 0.4) is 0 Å². The van der Waals surface area contributed by atoms with Gasteiger partial charge in [-0.2, -0.15) is 0 Å². The zero-order valence-corrected chi connectivity index (χ0v) is 16.2. The minimum Gasteiger partial charge on any atom is -0.480 e. The fourth-order valence-electron chi connectivity index (χ4n) is 2.99. The van der Waals surface area contributed by atoms with E-state index in [1.807, 2.05) is 0 Å². The first kappa shape index (κ1) is 20.0. The number of amides is 1. The predicted octanol–water partition coefficient (Wildman–Crippen LogP) is 3.47. The van der Waals surface area contributed by atoms with Gasteiger partial charge in [0.05, 0.1) is 6.10 Å². The minimum atomic E-state index is -1.83. The van der Waals surface area contributed by atoms with E-state index in [1.54, 1.807) is 20.8 Å². The Morgan fingerprint density at radius 3 is 2.09 bits per heavy atom. The maximum Gasteiger partial charge on any atom is 0.411 e. The standard InChI is InChI=1S/C16H31NO5Si/c1-7-23(8-2,9-3)22-12-10-13(14(18)19)17(11-12)15(20)21-16(4,5)6/h12-13H,7-11H2,1-6H3,(H,18,19)/t12-,13?/m1/s1. The van der Waals surface area contributed by atoms with Crippen molar-refractivity contribution in [1.82, 2.24) is 4.90 Å². The molecule has 1 unspecified atom stereocenters. The van der Waals surface area contributed by atoms with Gasteiger partial charge >= 0.3 is 12.1 Å². The first-order valence-electron chi connectivity index (χ1n) is 8.47. The molecule has 0 aromatic carbocycles. The summed E-state index contributed by atoms with van der Waals surface area (Å²) in [5.41, 5.74) is -0.645. The highest BCUT2D eigenvalue weighted by Crippen LogP contribution is 2.30. The lowest BCUT2D eigenvalue weighted by molar-refractivity contribution is -0.142. The van der Waals surface area contributed by atoms with Gasteiger partial charge in [-0.3, -0.25) is 4.90 Å². The maximum absolute atomic E-state index is 12.3. The van der Waals surface area contributed by atoms with Crippen molar-refractivity contribution in [3.63, 3.8) is 0 Å².